The zero-order valence-electron chi connectivity index (χ0n) is 12.3. The van der Waals surface area contributed by atoms with Crippen molar-refractivity contribution in [3.05, 3.63) is 23.8 Å². The number of benzene rings is 1. The van der Waals surface area contributed by atoms with E-state index >= 15 is 0 Å². The molecule has 1 aromatic carbocycles. The molecule has 1 aliphatic heterocycles. The Morgan fingerprint density at radius 3 is 3.00 bits per heavy atom. The molecular weight excluding hydrogens is 288 g/mol. The maximum absolute atomic E-state index is 11.9. The van der Waals surface area contributed by atoms with Crippen molar-refractivity contribution in [2.45, 2.75) is 30.7 Å². The molecule has 0 saturated carbocycles. The molecule has 0 fully saturated rings. The van der Waals surface area contributed by atoms with Crippen molar-refractivity contribution < 1.29 is 14.3 Å². The SMILES string of the molecule is CCCNC1C(=O)Nc2cc(SCCC(=O)OC)ccc21. The van der Waals surface area contributed by atoms with Gasteiger partial charge in [0.2, 0.25) is 5.91 Å². The first-order valence-electron chi connectivity index (χ1n) is 7.03. The number of carbonyl (C=O) groups excluding carboxylic acids is 2. The van der Waals surface area contributed by atoms with Crippen molar-refractivity contribution >= 4 is 29.3 Å². The molecule has 0 aromatic heterocycles. The molecule has 0 aliphatic carbocycles. The summed E-state index contributed by atoms with van der Waals surface area (Å²) in [4.78, 5) is 24.1. The fourth-order valence-corrected chi connectivity index (χ4v) is 3.05. The van der Waals surface area contributed by atoms with Gasteiger partial charge in [-0.25, -0.2) is 0 Å². The molecule has 1 atom stereocenters. The maximum atomic E-state index is 11.9. The van der Waals surface area contributed by atoms with Crippen LogP contribution in [-0.2, 0) is 14.3 Å². The van der Waals surface area contributed by atoms with Crippen LogP contribution in [0, 0.1) is 0 Å². The highest BCUT2D eigenvalue weighted by Crippen LogP contribution is 2.34. The molecule has 1 aliphatic rings. The number of hydrogen-bond donors (Lipinski definition) is 2. The van der Waals surface area contributed by atoms with Gasteiger partial charge in [-0.05, 0) is 25.1 Å². The molecule has 0 radical (unpaired) electrons. The van der Waals surface area contributed by atoms with E-state index in [0.29, 0.717) is 12.2 Å². The number of amides is 1. The number of thioether (sulfide) groups is 1. The number of anilines is 1. The van der Waals surface area contributed by atoms with E-state index in [1.807, 2.05) is 18.2 Å². The number of carbonyl (C=O) groups is 2. The van der Waals surface area contributed by atoms with E-state index in [9.17, 15) is 9.59 Å². The monoisotopic (exact) mass is 308 g/mol. The predicted molar refractivity (Wildman–Crippen MR) is 83.5 cm³/mol. The van der Waals surface area contributed by atoms with Crippen LogP contribution in [0.2, 0.25) is 0 Å². The van der Waals surface area contributed by atoms with Gasteiger partial charge in [0.1, 0.15) is 6.04 Å². The standard InChI is InChI=1S/C15H20N2O3S/c1-3-7-16-14-11-5-4-10(9-12(11)17-15(14)19)21-8-6-13(18)20-2/h4-5,9,14,16H,3,6-8H2,1-2H3,(H,17,19). The number of fused-ring (bicyclic) bond motifs is 1. The Kier molecular flexibility index (Phi) is 5.64. The topological polar surface area (TPSA) is 67.4 Å². The normalized spacial score (nSPS) is 16.5. The van der Waals surface area contributed by atoms with E-state index in [2.05, 4.69) is 22.3 Å². The number of nitrogens with one attached hydrogen (secondary N) is 2. The molecule has 2 rings (SSSR count). The number of hydrogen-bond acceptors (Lipinski definition) is 5. The maximum Gasteiger partial charge on any atom is 0.306 e. The molecule has 1 aromatic rings. The molecule has 0 bridgehead atoms. The smallest absolute Gasteiger partial charge is 0.306 e. The highest BCUT2D eigenvalue weighted by atomic mass is 32.2. The van der Waals surface area contributed by atoms with E-state index in [1.54, 1.807) is 11.8 Å². The number of methoxy groups -OCH3 is 1. The van der Waals surface area contributed by atoms with Gasteiger partial charge in [0.05, 0.1) is 13.5 Å². The lowest BCUT2D eigenvalue weighted by Crippen LogP contribution is -2.27. The second kappa shape index (κ2) is 7.47. The Morgan fingerprint density at radius 1 is 1.48 bits per heavy atom. The van der Waals surface area contributed by atoms with Gasteiger partial charge in [-0.15, -0.1) is 11.8 Å². The van der Waals surface area contributed by atoms with Crippen molar-refractivity contribution in [1.82, 2.24) is 5.32 Å². The van der Waals surface area contributed by atoms with E-state index in [0.717, 1.165) is 29.1 Å². The molecule has 5 nitrogen and oxygen atoms in total. The number of ether oxygens (including phenoxy) is 1. The molecule has 21 heavy (non-hydrogen) atoms. The first kappa shape index (κ1) is 15.9. The number of esters is 1. The molecule has 0 spiro atoms. The first-order chi connectivity index (χ1) is 10.2. The van der Waals surface area contributed by atoms with Gasteiger partial charge in [0.25, 0.3) is 0 Å². The highest BCUT2D eigenvalue weighted by molar-refractivity contribution is 7.99. The largest absolute Gasteiger partial charge is 0.469 e. The second-order valence-corrected chi connectivity index (χ2v) is 5.97. The summed E-state index contributed by atoms with van der Waals surface area (Å²) in [6, 6.07) is 5.67. The quantitative estimate of drug-likeness (QED) is 0.598. The molecule has 2 N–H and O–H groups in total. The average Bonchev–Trinajstić information content (AvgIpc) is 2.79. The lowest BCUT2D eigenvalue weighted by Gasteiger charge is -2.10. The van der Waals surface area contributed by atoms with Crippen LogP contribution in [0.15, 0.2) is 23.1 Å². The molecular formula is C15H20N2O3S. The summed E-state index contributed by atoms with van der Waals surface area (Å²) in [6.07, 6.45) is 1.37. The minimum absolute atomic E-state index is 0.00448. The molecule has 0 saturated heterocycles. The lowest BCUT2D eigenvalue weighted by molar-refractivity contribution is -0.140. The van der Waals surface area contributed by atoms with Gasteiger partial charge in [-0.2, -0.15) is 0 Å². The Morgan fingerprint density at radius 2 is 2.29 bits per heavy atom. The zero-order valence-corrected chi connectivity index (χ0v) is 13.1. The molecule has 114 valence electrons. The summed E-state index contributed by atoms with van der Waals surface area (Å²) in [7, 11) is 1.39. The van der Waals surface area contributed by atoms with Gasteiger partial charge in [-0.1, -0.05) is 13.0 Å². The van der Waals surface area contributed by atoms with E-state index in [-0.39, 0.29) is 17.9 Å². The molecule has 1 unspecified atom stereocenters. The van der Waals surface area contributed by atoms with Crippen LogP contribution in [0.25, 0.3) is 0 Å². The van der Waals surface area contributed by atoms with Crippen LogP contribution in [0.1, 0.15) is 31.4 Å². The molecule has 6 heteroatoms. The Bertz CT molecular complexity index is 534. The van der Waals surface area contributed by atoms with E-state index < -0.39 is 0 Å². The van der Waals surface area contributed by atoms with Crippen LogP contribution >= 0.6 is 11.8 Å². The van der Waals surface area contributed by atoms with Crippen LogP contribution in [0.3, 0.4) is 0 Å². The summed E-state index contributed by atoms with van der Waals surface area (Å²) in [5.74, 6) is 0.452. The van der Waals surface area contributed by atoms with Gasteiger partial charge >= 0.3 is 5.97 Å². The van der Waals surface area contributed by atoms with Gasteiger partial charge in [0.15, 0.2) is 0 Å². The lowest BCUT2D eigenvalue weighted by atomic mass is 10.1. The van der Waals surface area contributed by atoms with Gasteiger partial charge < -0.3 is 15.4 Å². The van der Waals surface area contributed by atoms with Crippen LogP contribution in [0.5, 0.6) is 0 Å². The second-order valence-electron chi connectivity index (χ2n) is 4.80. The van der Waals surface area contributed by atoms with Crippen LogP contribution < -0.4 is 10.6 Å². The summed E-state index contributed by atoms with van der Waals surface area (Å²) >= 11 is 1.58. The third-order valence-corrected chi connectivity index (χ3v) is 4.25. The van der Waals surface area contributed by atoms with Crippen molar-refractivity contribution in [3.63, 3.8) is 0 Å². The summed E-state index contributed by atoms with van der Waals surface area (Å²) < 4.78 is 4.61. The third kappa shape index (κ3) is 3.98. The number of rotatable bonds is 7. The van der Waals surface area contributed by atoms with Crippen molar-refractivity contribution in [2.75, 3.05) is 24.7 Å². The van der Waals surface area contributed by atoms with Crippen LogP contribution in [0.4, 0.5) is 5.69 Å². The summed E-state index contributed by atoms with van der Waals surface area (Å²) in [5.41, 5.74) is 1.85. The zero-order chi connectivity index (χ0) is 15.2. The van der Waals surface area contributed by atoms with E-state index in [4.69, 9.17) is 0 Å². The van der Waals surface area contributed by atoms with Gasteiger partial charge in [0, 0.05) is 21.9 Å². The van der Waals surface area contributed by atoms with Crippen molar-refractivity contribution in [3.8, 4) is 0 Å². The van der Waals surface area contributed by atoms with E-state index in [1.165, 1.54) is 7.11 Å². The fourth-order valence-electron chi connectivity index (χ4n) is 2.18. The summed E-state index contributed by atoms with van der Waals surface area (Å²) in [6.45, 7) is 2.88. The predicted octanol–water partition coefficient (Wildman–Crippen LogP) is 2.33. The average molecular weight is 308 g/mol. The Balaban J connectivity index is 1.99. The fraction of sp³-hybridized carbons (Fsp3) is 0.467. The molecule has 1 heterocycles. The minimum Gasteiger partial charge on any atom is -0.469 e. The molecule has 1 amide bonds. The first-order valence-corrected chi connectivity index (χ1v) is 8.02. The Hall–Kier alpha value is -1.53. The highest BCUT2D eigenvalue weighted by Gasteiger charge is 2.29. The summed E-state index contributed by atoms with van der Waals surface area (Å²) in [5, 5.41) is 6.14. The van der Waals surface area contributed by atoms with Crippen molar-refractivity contribution in [1.29, 1.82) is 0 Å². The third-order valence-electron chi connectivity index (χ3n) is 3.26. The minimum atomic E-state index is -0.255. The van der Waals surface area contributed by atoms with Crippen LogP contribution in [-0.4, -0.2) is 31.3 Å². The van der Waals surface area contributed by atoms with Crippen molar-refractivity contribution in [2.24, 2.45) is 0 Å². The Labute approximate surface area is 128 Å². The van der Waals surface area contributed by atoms with Gasteiger partial charge in [-0.3, -0.25) is 9.59 Å².